The summed E-state index contributed by atoms with van der Waals surface area (Å²) in [5.41, 5.74) is 0.950. The fourth-order valence-electron chi connectivity index (χ4n) is 2.16. The van der Waals surface area contributed by atoms with E-state index in [1.807, 2.05) is 22.8 Å². The van der Waals surface area contributed by atoms with Crippen molar-refractivity contribution in [3.8, 4) is 17.2 Å². The first-order chi connectivity index (χ1) is 9.29. The Kier molecular flexibility index (Phi) is 3.25. The number of fused-ring (bicyclic) bond motifs is 1. The van der Waals surface area contributed by atoms with E-state index < -0.39 is 0 Å². The number of nitrogens with one attached hydrogen (secondary N) is 1. The molecule has 1 aliphatic heterocycles. The number of aryl methyl sites for hydroxylation is 1. The highest BCUT2D eigenvalue weighted by molar-refractivity contribution is 7.71. The molecular weight excluding hydrogens is 262 g/mol. The van der Waals surface area contributed by atoms with Crippen molar-refractivity contribution in [1.29, 1.82) is 0 Å². The maximum absolute atomic E-state index is 5.60. The van der Waals surface area contributed by atoms with Crippen LogP contribution in [0.5, 0.6) is 11.5 Å². The molecule has 5 nitrogen and oxygen atoms in total. The molecule has 0 radical (unpaired) electrons. The van der Waals surface area contributed by atoms with Gasteiger partial charge in [0.15, 0.2) is 16.3 Å². The van der Waals surface area contributed by atoms with Crippen molar-refractivity contribution >= 4 is 12.2 Å². The highest BCUT2D eigenvalue weighted by Gasteiger charge is 2.14. The van der Waals surface area contributed by atoms with Crippen LogP contribution in [0.2, 0.25) is 0 Å². The lowest BCUT2D eigenvalue weighted by Gasteiger charge is -2.19. The highest BCUT2D eigenvalue weighted by Crippen LogP contribution is 2.32. The van der Waals surface area contributed by atoms with Crippen LogP contribution >= 0.6 is 12.2 Å². The summed E-state index contributed by atoms with van der Waals surface area (Å²) in [6.45, 7) is 3.29. The van der Waals surface area contributed by atoms with E-state index in [0.29, 0.717) is 18.0 Å². The second kappa shape index (κ2) is 5.05. The standard InChI is InChI=1S/C13H15N3O2S/c1-2-3-12-14-15-13(19)16(12)9-4-5-10-11(8-9)18-7-6-17-10/h4-5,8H,2-3,6-7H2,1H3,(H,15,19). The van der Waals surface area contributed by atoms with Gasteiger partial charge in [0.25, 0.3) is 0 Å². The molecular formula is C13H15N3O2S. The molecule has 6 heteroatoms. The van der Waals surface area contributed by atoms with E-state index in [1.54, 1.807) is 0 Å². The lowest BCUT2D eigenvalue weighted by atomic mass is 10.2. The Bertz CT molecular complexity index is 648. The molecule has 19 heavy (non-hydrogen) atoms. The molecule has 100 valence electrons. The predicted octanol–water partition coefficient (Wildman–Crippen LogP) is 2.65. The van der Waals surface area contributed by atoms with Crippen molar-refractivity contribution in [2.45, 2.75) is 19.8 Å². The van der Waals surface area contributed by atoms with Gasteiger partial charge in [-0.2, -0.15) is 5.10 Å². The van der Waals surface area contributed by atoms with Gasteiger partial charge in [-0.3, -0.25) is 9.67 Å². The second-order valence-electron chi connectivity index (χ2n) is 4.36. The third kappa shape index (κ3) is 2.23. The number of aromatic nitrogens is 3. The zero-order chi connectivity index (χ0) is 13.2. The molecule has 3 rings (SSSR count). The summed E-state index contributed by atoms with van der Waals surface area (Å²) in [6.07, 6.45) is 1.89. The van der Waals surface area contributed by atoms with Gasteiger partial charge in [0.1, 0.15) is 19.0 Å². The molecule has 0 saturated carbocycles. The molecule has 1 aromatic heterocycles. The summed E-state index contributed by atoms with van der Waals surface area (Å²) in [4.78, 5) is 0. The smallest absolute Gasteiger partial charge is 0.199 e. The molecule has 0 bridgehead atoms. The van der Waals surface area contributed by atoms with Crippen molar-refractivity contribution in [2.24, 2.45) is 0 Å². The van der Waals surface area contributed by atoms with E-state index in [1.165, 1.54) is 0 Å². The lowest BCUT2D eigenvalue weighted by molar-refractivity contribution is 0.171. The molecule has 0 unspecified atom stereocenters. The Morgan fingerprint density at radius 2 is 2.11 bits per heavy atom. The van der Waals surface area contributed by atoms with Crippen molar-refractivity contribution < 1.29 is 9.47 Å². The normalized spacial score (nSPS) is 13.5. The van der Waals surface area contributed by atoms with E-state index in [2.05, 4.69) is 17.1 Å². The van der Waals surface area contributed by atoms with Crippen molar-refractivity contribution in [3.63, 3.8) is 0 Å². The molecule has 1 N–H and O–H groups in total. The van der Waals surface area contributed by atoms with Crippen LogP contribution < -0.4 is 9.47 Å². The summed E-state index contributed by atoms with van der Waals surface area (Å²) in [6, 6.07) is 5.82. The van der Waals surface area contributed by atoms with Crippen LogP contribution in [0.1, 0.15) is 19.2 Å². The molecule has 0 fully saturated rings. The first-order valence-electron chi connectivity index (χ1n) is 6.36. The van der Waals surface area contributed by atoms with Crippen LogP contribution in [0, 0.1) is 4.77 Å². The number of rotatable bonds is 3. The van der Waals surface area contributed by atoms with E-state index in [0.717, 1.165) is 35.9 Å². The zero-order valence-corrected chi connectivity index (χ0v) is 11.5. The lowest BCUT2D eigenvalue weighted by Crippen LogP contribution is -2.15. The molecule has 0 saturated heterocycles. The number of hydrogen-bond donors (Lipinski definition) is 1. The number of nitrogens with zero attached hydrogens (tertiary/aromatic N) is 2. The largest absolute Gasteiger partial charge is 0.486 e. The molecule has 0 atom stereocenters. The maximum Gasteiger partial charge on any atom is 0.199 e. The molecule has 0 aliphatic carbocycles. The van der Waals surface area contributed by atoms with Gasteiger partial charge in [0.05, 0.1) is 5.69 Å². The van der Waals surface area contributed by atoms with Crippen molar-refractivity contribution in [3.05, 3.63) is 28.8 Å². The summed E-state index contributed by atoms with van der Waals surface area (Å²) < 4.78 is 13.7. The Hall–Kier alpha value is -1.82. The zero-order valence-electron chi connectivity index (χ0n) is 10.7. The minimum Gasteiger partial charge on any atom is -0.486 e. The van der Waals surface area contributed by atoms with Crippen LogP contribution in [-0.4, -0.2) is 28.0 Å². The molecule has 2 heterocycles. The van der Waals surface area contributed by atoms with Gasteiger partial charge in [0.2, 0.25) is 0 Å². The number of aromatic amines is 1. The Morgan fingerprint density at radius 3 is 2.89 bits per heavy atom. The predicted molar refractivity (Wildman–Crippen MR) is 73.7 cm³/mol. The van der Waals surface area contributed by atoms with E-state index >= 15 is 0 Å². The van der Waals surface area contributed by atoms with E-state index in [-0.39, 0.29) is 0 Å². The van der Waals surface area contributed by atoms with Gasteiger partial charge in [-0.25, -0.2) is 0 Å². The molecule has 1 aromatic carbocycles. The van der Waals surface area contributed by atoms with Gasteiger partial charge in [0, 0.05) is 12.5 Å². The first kappa shape index (κ1) is 12.2. The highest BCUT2D eigenvalue weighted by atomic mass is 32.1. The minimum atomic E-state index is 0.578. The number of hydrogen-bond acceptors (Lipinski definition) is 4. The average molecular weight is 277 g/mol. The quantitative estimate of drug-likeness (QED) is 0.876. The van der Waals surface area contributed by atoms with Gasteiger partial charge in [-0.15, -0.1) is 0 Å². The molecule has 1 aliphatic rings. The molecule has 2 aromatic rings. The van der Waals surface area contributed by atoms with Crippen LogP contribution in [0.4, 0.5) is 0 Å². The summed E-state index contributed by atoms with van der Waals surface area (Å²) in [5.74, 6) is 2.47. The first-order valence-corrected chi connectivity index (χ1v) is 6.76. The van der Waals surface area contributed by atoms with Crippen LogP contribution in [0.25, 0.3) is 5.69 Å². The Morgan fingerprint density at radius 1 is 1.32 bits per heavy atom. The van der Waals surface area contributed by atoms with Gasteiger partial charge >= 0.3 is 0 Å². The number of ether oxygens (including phenoxy) is 2. The topological polar surface area (TPSA) is 52.1 Å². The maximum atomic E-state index is 5.60. The van der Waals surface area contributed by atoms with E-state index in [4.69, 9.17) is 21.7 Å². The third-order valence-corrected chi connectivity index (χ3v) is 3.27. The van der Waals surface area contributed by atoms with Crippen LogP contribution in [0.3, 0.4) is 0 Å². The monoisotopic (exact) mass is 277 g/mol. The molecule has 0 amide bonds. The average Bonchev–Trinajstić information content (AvgIpc) is 2.80. The summed E-state index contributed by atoms with van der Waals surface area (Å²) >= 11 is 5.30. The van der Waals surface area contributed by atoms with Gasteiger partial charge in [-0.1, -0.05) is 6.92 Å². The van der Waals surface area contributed by atoms with Gasteiger partial charge < -0.3 is 9.47 Å². The molecule has 0 spiro atoms. The van der Waals surface area contributed by atoms with E-state index in [9.17, 15) is 0 Å². The second-order valence-corrected chi connectivity index (χ2v) is 4.75. The van der Waals surface area contributed by atoms with Crippen molar-refractivity contribution in [2.75, 3.05) is 13.2 Å². The Balaban J connectivity index is 2.07. The fraction of sp³-hybridized carbons (Fsp3) is 0.385. The van der Waals surface area contributed by atoms with Gasteiger partial charge in [-0.05, 0) is 30.8 Å². The number of benzene rings is 1. The fourth-order valence-corrected chi connectivity index (χ4v) is 2.41. The Labute approximate surface area is 116 Å². The summed E-state index contributed by atoms with van der Waals surface area (Å²) in [5, 5.41) is 7.11. The SMILES string of the molecule is CCCc1n[nH]c(=S)n1-c1ccc2c(c1)OCCO2. The summed E-state index contributed by atoms with van der Waals surface area (Å²) in [7, 11) is 0. The third-order valence-electron chi connectivity index (χ3n) is 3.00. The van der Waals surface area contributed by atoms with Crippen LogP contribution in [-0.2, 0) is 6.42 Å². The minimum absolute atomic E-state index is 0.578. The van der Waals surface area contributed by atoms with Crippen LogP contribution in [0.15, 0.2) is 18.2 Å². The van der Waals surface area contributed by atoms with Crippen molar-refractivity contribution in [1.82, 2.24) is 14.8 Å². The number of H-pyrrole nitrogens is 1.